The van der Waals surface area contributed by atoms with Gasteiger partial charge in [0, 0.05) is 11.9 Å². The maximum atomic E-state index is 5.46. The van der Waals surface area contributed by atoms with E-state index in [4.69, 9.17) is 10.5 Å². The first kappa shape index (κ1) is 8.77. The Labute approximate surface area is 80.9 Å². The van der Waals surface area contributed by atoms with Crippen LogP contribution in [0.2, 0.25) is 0 Å². The Kier molecular flexibility index (Phi) is 2.65. The highest BCUT2D eigenvalue weighted by molar-refractivity contribution is 7.99. The van der Waals surface area contributed by atoms with Crippen molar-refractivity contribution in [2.75, 3.05) is 18.9 Å². The number of aromatic nitrogens is 2. The Morgan fingerprint density at radius 3 is 3.08 bits per heavy atom. The van der Waals surface area contributed by atoms with Gasteiger partial charge in [-0.25, -0.2) is 9.97 Å². The first-order valence-corrected chi connectivity index (χ1v) is 5.16. The van der Waals surface area contributed by atoms with Gasteiger partial charge in [0.2, 0.25) is 5.95 Å². The molecular weight excluding hydrogens is 186 g/mol. The molecule has 1 saturated heterocycles. The highest BCUT2D eigenvalue weighted by Crippen LogP contribution is 2.22. The lowest BCUT2D eigenvalue weighted by Gasteiger charge is -2.24. The molecule has 1 aliphatic rings. The lowest BCUT2D eigenvalue weighted by molar-refractivity contribution is 0.0455. The third kappa shape index (κ3) is 2.32. The van der Waals surface area contributed by atoms with Crippen LogP contribution in [0.15, 0.2) is 12.3 Å². The van der Waals surface area contributed by atoms with Crippen molar-refractivity contribution < 1.29 is 4.74 Å². The number of hydrogen-bond acceptors (Lipinski definition) is 5. The van der Waals surface area contributed by atoms with Gasteiger partial charge in [0.1, 0.15) is 0 Å². The third-order valence-corrected chi connectivity index (χ3v) is 3.01. The minimum Gasteiger partial charge on any atom is -0.379 e. The van der Waals surface area contributed by atoms with Gasteiger partial charge in [0.15, 0.2) is 0 Å². The summed E-state index contributed by atoms with van der Waals surface area (Å²) in [6.45, 7) is 1.73. The summed E-state index contributed by atoms with van der Waals surface area (Å²) in [5.74, 6) is 1.24. The van der Waals surface area contributed by atoms with Crippen LogP contribution in [-0.2, 0) is 10.5 Å². The molecule has 0 amide bonds. The summed E-state index contributed by atoms with van der Waals surface area (Å²) >= 11 is 1.85. The zero-order chi connectivity index (χ0) is 9.10. The maximum absolute atomic E-state index is 5.46. The predicted molar refractivity (Wildman–Crippen MR) is 52.3 cm³/mol. The second-order valence-corrected chi connectivity index (χ2v) is 4.17. The molecule has 0 radical (unpaired) electrons. The summed E-state index contributed by atoms with van der Waals surface area (Å²) in [6, 6.07) is 1.89. The molecule has 0 unspecified atom stereocenters. The van der Waals surface area contributed by atoms with Gasteiger partial charge in [0.05, 0.1) is 24.2 Å². The Morgan fingerprint density at radius 2 is 2.46 bits per heavy atom. The van der Waals surface area contributed by atoms with Crippen molar-refractivity contribution >= 4 is 17.7 Å². The SMILES string of the molecule is Nc1nccc(CSC2COC2)n1. The van der Waals surface area contributed by atoms with Gasteiger partial charge in [0.25, 0.3) is 0 Å². The molecule has 0 spiro atoms. The number of nitrogens with zero attached hydrogens (tertiary/aromatic N) is 2. The Morgan fingerprint density at radius 1 is 1.62 bits per heavy atom. The number of hydrogen-bond donors (Lipinski definition) is 1. The van der Waals surface area contributed by atoms with E-state index < -0.39 is 0 Å². The highest BCUT2D eigenvalue weighted by Gasteiger charge is 2.18. The summed E-state index contributed by atoms with van der Waals surface area (Å²) in [4.78, 5) is 7.94. The van der Waals surface area contributed by atoms with E-state index in [0.717, 1.165) is 24.7 Å². The molecule has 1 aromatic rings. The van der Waals surface area contributed by atoms with E-state index in [-0.39, 0.29) is 0 Å². The van der Waals surface area contributed by atoms with Crippen LogP contribution in [0.3, 0.4) is 0 Å². The zero-order valence-corrected chi connectivity index (χ0v) is 7.96. The smallest absolute Gasteiger partial charge is 0.220 e. The molecule has 70 valence electrons. The monoisotopic (exact) mass is 197 g/mol. The quantitative estimate of drug-likeness (QED) is 0.772. The van der Waals surface area contributed by atoms with E-state index in [9.17, 15) is 0 Å². The summed E-state index contributed by atoms with van der Waals surface area (Å²) in [5, 5.41) is 0.635. The summed E-state index contributed by atoms with van der Waals surface area (Å²) in [5.41, 5.74) is 6.45. The molecule has 1 aliphatic heterocycles. The van der Waals surface area contributed by atoms with Crippen LogP contribution in [0.5, 0.6) is 0 Å². The van der Waals surface area contributed by atoms with E-state index >= 15 is 0 Å². The molecule has 0 aromatic carbocycles. The molecular formula is C8H11N3OS. The molecule has 2 rings (SSSR count). The molecule has 1 fully saturated rings. The molecule has 5 heteroatoms. The van der Waals surface area contributed by atoms with Gasteiger partial charge in [-0.05, 0) is 6.07 Å². The van der Waals surface area contributed by atoms with Gasteiger partial charge in [-0.1, -0.05) is 0 Å². The first-order chi connectivity index (χ1) is 6.34. The number of ether oxygens (including phenoxy) is 1. The Bertz CT molecular complexity index is 290. The van der Waals surface area contributed by atoms with E-state index in [1.807, 2.05) is 17.8 Å². The van der Waals surface area contributed by atoms with Gasteiger partial charge in [-0.15, -0.1) is 11.8 Å². The maximum Gasteiger partial charge on any atom is 0.220 e. The number of rotatable bonds is 3. The van der Waals surface area contributed by atoms with Crippen LogP contribution in [0.1, 0.15) is 5.69 Å². The van der Waals surface area contributed by atoms with Gasteiger partial charge in [-0.2, -0.15) is 0 Å². The molecule has 0 atom stereocenters. The van der Waals surface area contributed by atoms with Crippen LogP contribution in [0, 0.1) is 0 Å². The fourth-order valence-electron chi connectivity index (χ4n) is 1.01. The van der Waals surface area contributed by atoms with Gasteiger partial charge >= 0.3 is 0 Å². The molecule has 2 N–H and O–H groups in total. The lowest BCUT2D eigenvalue weighted by Crippen LogP contribution is -2.30. The van der Waals surface area contributed by atoms with Crippen LogP contribution >= 0.6 is 11.8 Å². The average Bonchev–Trinajstić information content (AvgIpc) is 2.01. The second kappa shape index (κ2) is 3.93. The highest BCUT2D eigenvalue weighted by atomic mass is 32.2. The average molecular weight is 197 g/mol. The molecule has 4 nitrogen and oxygen atoms in total. The number of nitrogen functional groups attached to an aromatic ring is 1. The first-order valence-electron chi connectivity index (χ1n) is 4.11. The summed E-state index contributed by atoms with van der Waals surface area (Å²) in [6.07, 6.45) is 1.69. The van der Waals surface area contributed by atoms with Crippen molar-refractivity contribution in [2.45, 2.75) is 11.0 Å². The molecule has 13 heavy (non-hydrogen) atoms. The minimum atomic E-state index is 0.350. The van der Waals surface area contributed by atoms with E-state index in [1.165, 1.54) is 0 Å². The van der Waals surface area contributed by atoms with Crippen molar-refractivity contribution in [3.63, 3.8) is 0 Å². The van der Waals surface area contributed by atoms with Crippen molar-refractivity contribution in [1.29, 1.82) is 0 Å². The second-order valence-electron chi connectivity index (χ2n) is 2.88. The number of nitrogens with two attached hydrogens (primary N) is 1. The van der Waals surface area contributed by atoms with E-state index in [0.29, 0.717) is 11.2 Å². The number of anilines is 1. The van der Waals surface area contributed by atoms with Gasteiger partial charge < -0.3 is 10.5 Å². The summed E-state index contributed by atoms with van der Waals surface area (Å²) in [7, 11) is 0. The van der Waals surface area contributed by atoms with Crippen LogP contribution < -0.4 is 5.73 Å². The van der Waals surface area contributed by atoms with Crippen molar-refractivity contribution in [3.8, 4) is 0 Å². The fraction of sp³-hybridized carbons (Fsp3) is 0.500. The Balaban J connectivity index is 1.86. The lowest BCUT2D eigenvalue weighted by atomic mass is 10.4. The predicted octanol–water partition coefficient (Wildman–Crippen LogP) is 0.691. The molecule has 0 bridgehead atoms. The normalized spacial score (nSPS) is 16.9. The van der Waals surface area contributed by atoms with E-state index in [2.05, 4.69) is 9.97 Å². The molecule has 0 aliphatic carbocycles. The van der Waals surface area contributed by atoms with Crippen LogP contribution in [0.4, 0.5) is 5.95 Å². The minimum absolute atomic E-state index is 0.350. The van der Waals surface area contributed by atoms with Gasteiger partial charge in [-0.3, -0.25) is 0 Å². The largest absolute Gasteiger partial charge is 0.379 e. The summed E-state index contributed by atoms with van der Waals surface area (Å²) < 4.78 is 5.07. The van der Waals surface area contributed by atoms with Crippen molar-refractivity contribution in [3.05, 3.63) is 18.0 Å². The van der Waals surface area contributed by atoms with Crippen LogP contribution in [0.25, 0.3) is 0 Å². The topological polar surface area (TPSA) is 61.0 Å². The zero-order valence-electron chi connectivity index (χ0n) is 7.14. The fourth-order valence-corrected chi connectivity index (χ4v) is 1.96. The van der Waals surface area contributed by atoms with Crippen molar-refractivity contribution in [2.24, 2.45) is 0 Å². The molecule has 2 heterocycles. The van der Waals surface area contributed by atoms with Crippen LogP contribution in [-0.4, -0.2) is 28.4 Å². The standard InChI is InChI=1S/C8H11N3OS/c9-8-10-2-1-6(11-8)5-13-7-3-12-4-7/h1-2,7H,3-5H2,(H2,9,10,11). The van der Waals surface area contributed by atoms with Crippen molar-refractivity contribution in [1.82, 2.24) is 9.97 Å². The number of thioether (sulfide) groups is 1. The Hall–Kier alpha value is -0.810. The van der Waals surface area contributed by atoms with E-state index in [1.54, 1.807) is 6.20 Å². The molecule has 0 saturated carbocycles. The third-order valence-electron chi connectivity index (χ3n) is 1.81. The molecule has 1 aromatic heterocycles.